The first kappa shape index (κ1) is 31.8. The molecule has 0 saturated carbocycles. The van der Waals surface area contributed by atoms with Crippen molar-refractivity contribution in [3.8, 4) is 0 Å². The number of nitrogens with zero attached hydrogens (tertiary/aromatic N) is 1. The molecule has 3 aromatic rings. The molecular weight excluding hydrogens is 548 g/mol. The van der Waals surface area contributed by atoms with Crippen molar-refractivity contribution in [1.29, 1.82) is 0 Å². The topological polar surface area (TPSA) is 98.7 Å². The Kier molecular flexibility index (Phi) is 11.9. The van der Waals surface area contributed by atoms with E-state index in [2.05, 4.69) is 10.6 Å². The molecule has 0 bridgehead atoms. The zero-order chi connectivity index (χ0) is 29.9. The maximum Gasteiger partial charge on any atom is 0.254 e. The summed E-state index contributed by atoms with van der Waals surface area (Å²) in [6.07, 6.45) is -1.68. The minimum absolute atomic E-state index is 0.0575. The van der Waals surface area contributed by atoms with Gasteiger partial charge in [-0.1, -0.05) is 68.4 Å². The maximum absolute atomic E-state index is 13.8. The van der Waals surface area contributed by atoms with Crippen LogP contribution in [0.5, 0.6) is 0 Å². The van der Waals surface area contributed by atoms with Gasteiger partial charge in [-0.3, -0.25) is 14.4 Å². The van der Waals surface area contributed by atoms with Gasteiger partial charge in [0, 0.05) is 23.4 Å². The molecule has 3 amide bonds. The third-order valence-electron chi connectivity index (χ3n) is 6.32. The van der Waals surface area contributed by atoms with Gasteiger partial charge in [0.15, 0.2) is 6.10 Å². The van der Waals surface area contributed by atoms with Gasteiger partial charge in [0.05, 0.1) is 11.9 Å². The van der Waals surface area contributed by atoms with Crippen LogP contribution >= 0.6 is 11.8 Å². The summed E-state index contributed by atoms with van der Waals surface area (Å²) >= 11 is 1.42. The third kappa shape index (κ3) is 9.98. The lowest BCUT2D eigenvalue weighted by molar-refractivity contribution is -0.143. The fourth-order valence-electron chi connectivity index (χ4n) is 4.06. The predicted octanol–water partition coefficient (Wildman–Crippen LogP) is 4.22. The van der Waals surface area contributed by atoms with Gasteiger partial charge in [0.1, 0.15) is 18.2 Å². The van der Waals surface area contributed by atoms with Crippen LogP contribution in [0.1, 0.15) is 40.9 Å². The highest BCUT2D eigenvalue weighted by atomic mass is 32.2. The van der Waals surface area contributed by atoms with Crippen LogP contribution in [0, 0.1) is 18.6 Å². The van der Waals surface area contributed by atoms with E-state index >= 15 is 0 Å². The van der Waals surface area contributed by atoms with Crippen molar-refractivity contribution in [2.24, 2.45) is 0 Å². The molecule has 0 spiro atoms. The lowest BCUT2D eigenvalue weighted by atomic mass is 9.99. The Morgan fingerprint density at radius 2 is 1.59 bits per heavy atom. The summed E-state index contributed by atoms with van der Waals surface area (Å²) in [6.45, 7) is 5.80. The van der Waals surface area contributed by atoms with Gasteiger partial charge in [-0.25, -0.2) is 8.78 Å². The maximum atomic E-state index is 13.8. The quantitative estimate of drug-likeness (QED) is 0.262. The molecule has 0 saturated heterocycles. The number of aliphatic hydroxyl groups excluding tert-OH is 1. The summed E-state index contributed by atoms with van der Waals surface area (Å²) in [5.74, 6) is -3.74. The average molecular weight is 584 g/mol. The molecule has 41 heavy (non-hydrogen) atoms. The number of carbonyl (C=O) groups excluding carboxylic acids is 3. The number of hydrogen-bond acceptors (Lipinski definition) is 5. The van der Waals surface area contributed by atoms with Crippen molar-refractivity contribution in [2.75, 3.05) is 12.4 Å². The first-order valence-electron chi connectivity index (χ1n) is 13.2. The Balaban J connectivity index is 1.79. The summed E-state index contributed by atoms with van der Waals surface area (Å²) in [7, 11) is 0. The van der Waals surface area contributed by atoms with Crippen molar-refractivity contribution < 1.29 is 28.3 Å². The Morgan fingerprint density at radius 1 is 0.951 bits per heavy atom. The Labute approximate surface area is 243 Å². The number of aliphatic hydroxyl groups is 1. The minimum atomic E-state index is -1.74. The van der Waals surface area contributed by atoms with E-state index in [1.54, 1.807) is 30.3 Å². The normalized spacial score (nSPS) is 12.5. The zero-order valence-corrected chi connectivity index (χ0v) is 24.1. The van der Waals surface area contributed by atoms with Gasteiger partial charge in [-0.2, -0.15) is 0 Å². The first-order valence-corrected chi connectivity index (χ1v) is 14.3. The molecule has 0 unspecified atom stereocenters. The first-order chi connectivity index (χ1) is 19.5. The van der Waals surface area contributed by atoms with E-state index in [1.807, 2.05) is 45.0 Å². The second-order valence-electron chi connectivity index (χ2n) is 9.96. The largest absolute Gasteiger partial charge is 0.381 e. The highest BCUT2D eigenvalue weighted by Gasteiger charge is 2.33. The van der Waals surface area contributed by atoms with E-state index < -0.39 is 41.5 Å². The SMILES string of the molecule is Cc1ccccc1CNC(=O)CN(CSC(C)C)C(=O)[C@@H](O)[C@H](Cc1ccccc1)NC(=O)c1cc(F)cc(F)c1. The van der Waals surface area contributed by atoms with Crippen LogP contribution in [0.15, 0.2) is 72.8 Å². The summed E-state index contributed by atoms with van der Waals surface area (Å²) in [5, 5.41) is 16.8. The van der Waals surface area contributed by atoms with Gasteiger partial charge in [-0.05, 0) is 42.2 Å². The second kappa shape index (κ2) is 15.3. The number of nitrogens with one attached hydrogen (secondary N) is 2. The van der Waals surface area contributed by atoms with E-state index in [-0.39, 0.29) is 36.2 Å². The molecule has 10 heteroatoms. The summed E-state index contributed by atoms with van der Waals surface area (Å²) in [6, 6.07) is 17.7. The zero-order valence-electron chi connectivity index (χ0n) is 23.3. The fourth-order valence-corrected chi connectivity index (χ4v) is 4.76. The van der Waals surface area contributed by atoms with Crippen LogP contribution in [-0.2, 0) is 22.6 Å². The standard InChI is InChI=1S/C31H35F2N3O4S/c1-20(2)41-19-36(18-28(37)34-17-23-12-8-7-9-21(23)3)31(40)29(38)27(13-22-10-5-4-6-11-22)35-30(39)24-14-25(32)16-26(33)15-24/h4-12,14-16,20,27,29,38H,13,17-19H2,1-3H3,(H,34,37)(H,35,39)/t27-,29-/m0/s1. The van der Waals surface area contributed by atoms with Crippen LogP contribution in [0.25, 0.3) is 0 Å². The summed E-state index contributed by atoms with van der Waals surface area (Å²) < 4.78 is 27.5. The van der Waals surface area contributed by atoms with Crippen molar-refractivity contribution in [3.63, 3.8) is 0 Å². The predicted molar refractivity (Wildman–Crippen MR) is 156 cm³/mol. The van der Waals surface area contributed by atoms with E-state index in [9.17, 15) is 28.3 Å². The molecule has 0 radical (unpaired) electrons. The van der Waals surface area contributed by atoms with Gasteiger partial charge in [0.25, 0.3) is 11.8 Å². The van der Waals surface area contributed by atoms with Crippen molar-refractivity contribution >= 4 is 29.5 Å². The monoisotopic (exact) mass is 583 g/mol. The lowest BCUT2D eigenvalue weighted by Gasteiger charge is -2.30. The highest BCUT2D eigenvalue weighted by Crippen LogP contribution is 2.16. The van der Waals surface area contributed by atoms with Crippen LogP contribution < -0.4 is 10.6 Å². The molecule has 3 rings (SSSR count). The van der Waals surface area contributed by atoms with Crippen LogP contribution in [0.4, 0.5) is 8.78 Å². The average Bonchev–Trinajstić information content (AvgIpc) is 2.93. The fraction of sp³-hybridized carbons (Fsp3) is 0.323. The number of carbonyl (C=O) groups is 3. The van der Waals surface area contributed by atoms with E-state index in [0.717, 1.165) is 23.3 Å². The molecule has 0 aliphatic rings. The van der Waals surface area contributed by atoms with Gasteiger partial charge >= 0.3 is 0 Å². The second-order valence-corrected chi connectivity index (χ2v) is 11.5. The molecule has 0 fully saturated rings. The Bertz CT molecular complexity index is 1320. The number of amides is 3. The number of hydrogen-bond donors (Lipinski definition) is 3. The smallest absolute Gasteiger partial charge is 0.254 e. The van der Waals surface area contributed by atoms with E-state index in [1.165, 1.54) is 16.7 Å². The molecule has 0 aliphatic heterocycles. The van der Waals surface area contributed by atoms with E-state index in [4.69, 9.17) is 0 Å². The Hall–Kier alpha value is -3.76. The lowest BCUT2D eigenvalue weighted by Crippen LogP contribution is -2.54. The molecule has 7 nitrogen and oxygen atoms in total. The van der Waals surface area contributed by atoms with Gasteiger partial charge in [0.2, 0.25) is 5.91 Å². The molecule has 0 heterocycles. The number of thioether (sulfide) groups is 1. The number of aryl methyl sites for hydroxylation is 1. The molecule has 0 aromatic heterocycles. The molecule has 218 valence electrons. The van der Waals surface area contributed by atoms with E-state index in [0.29, 0.717) is 11.6 Å². The van der Waals surface area contributed by atoms with Crippen LogP contribution in [0.3, 0.4) is 0 Å². The number of halogens is 2. The molecule has 3 N–H and O–H groups in total. The van der Waals surface area contributed by atoms with Crippen LogP contribution in [-0.4, -0.2) is 57.5 Å². The van der Waals surface area contributed by atoms with Crippen molar-refractivity contribution in [2.45, 2.75) is 51.1 Å². The third-order valence-corrected chi connectivity index (χ3v) is 7.45. The molecule has 0 aliphatic carbocycles. The number of benzene rings is 3. The van der Waals surface area contributed by atoms with Gasteiger partial charge < -0.3 is 20.6 Å². The van der Waals surface area contributed by atoms with Crippen molar-refractivity contribution in [3.05, 3.63) is 107 Å². The van der Waals surface area contributed by atoms with Crippen molar-refractivity contribution in [1.82, 2.24) is 15.5 Å². The summed E-state index contributed by atoms with van der Waals surface area (Å²) in [5.41, 5.74) is 2.39. The summed E-state index contributed by atoms with van der Waals surface area (Å²) in [4.78, 5) is 40.6. The molecule has 2 atom stereocenters. The number of rotatable bonds is 13. The molecule has 3 aromatic carbocycles. The van der Waals surface area contributed by atoms with Crippen LogP contribution in [0.2, 0.25) is 0 Å². The highest BCUT2D eigenvalue weighted by molar-refractivity contribution is 7.99. The Morgan fingerprint density at radius 3 is 2.22 bits per heavy atom. The molecular formula is C31H35F2N3O4S. The minimum Gasteiger partial charge on any atom is -0.381 e. The van der Waals surface area contributed by atoms with Gasteiger partial charge in [-0.15, -0.1) is 11.8 Å².